The minimum atomic E-state index is -0.287. The molecule has 0 heterocycles. The van der Waals surface area contributed by atoms with Gasteiger partial charge in [-0.2, -0.15) is 0 Å². The van der Waals surface area contributed by atoms with E-state index in [0.717, 1.165) is 19.3 Å². The van der Waals surface area contributed by atoms with E-state index in [-0.39, 0.29) is 24.5 Å². The van der Waals surface area contributed by atoms with Crippen molar-refractivity contribution >= 4 is 17.5 Å². The van der Waals surface area contributed by atoms with E-state index >= 15 is 0 Å². The van der Waals surface area contributed by atoms with Crippen LogP contribution in [0.4, 0.5) is 0 Å². The summed E-state index contributed by atoms with van der Waals surface area (Å²) >= 11 is 5.92. The van der Waals surface area contributed by atoms with E-state index in [1.54, 1.807) is 24.3 Å². The molecule has 1 amide bonds. The Morgan fingerprint density at radius 3 is 2.89 bits per heavy atom. The van der Waals surface area contributed by atoms with Gasteiger partial charge in [-0.15, -0.1) is 0 Å². The molecule has 1 aliphatic rings. The van der Waals surface area contributed by atoms with E-state index in [4.69, 9.17) is 16.3 Å². The molecule has 0 radical (unpaired) electrons. The number of aliphatic hydroxyl groups excluding tert-OH is 1. The zero-order chi connectivity index (χ0) is 13.7. The maximum absolute atomic E-state index is 11.6. The molecule has 1 aromatic carbocycles. The Bertz CT molecular complexity index is 438. The molecule has 2 unspecified atom stereocenters. The van der Waals surface area contributed by atoms with Crippen molar-refractivity contribution in [3.8, 4) is 5.75 Å². The first-order valence-corrected chi connectivity index (χ1v) is 6.86. The van der Waals surface area contributed by atoms with E-state index in [9.17, 15) is 9.90 Å². The molecule has 0 spiro atoms. The summed E-state index contributed by atoms with van der Waals surface area (Å²) in [6, 6.07) is 7.03. The highest BCUT2D eigenvalue weighted by Crippen LogP contribution is 2.25. The van der Waals surface area contributed by atoms with E-state index in [1.807, 2.05) is 0 Å². The lowest BCUT2D eigenvalue weighted by atomic mass is 10.1. The average molecular weight is 284 g/mol. The maximum Gasteiger partial charge on any atom is 0.257 e. The van der Waals surface area contributed by atoms with Crippen LogP contribution in [-0.4, -0.2) is 30.3 Å². The van der Waals surface area contributed by atoms with Crippen molar-refractivity contribution in [2.24, 2.45) is 5.92 Å². The smallest absolute Gasteiger partial charge is 0.257 e. The number of ether oxygens (including phenoxy) is 1. The number of carbonyl (C=O) groups excluding carboxylic acids is 1. The topological polar surface area (TPSA) is 58.6 Å². The lowest BCUT2D eigenvalue weighted by molar-refractivity contribution is -0.123. The standard InChI is InChI=1S/C14H18ClNO3/c15-11-5-1-2-7-13(11)19-9-14(18)16-8-10-4-3-6-12(10)17/h1-2,5,7,10,12,17H,3-4,6,8-9H2,(H,16,18). The summed E-state index contributed by atoms with van der Waals surface area (Å²) < 4.78 is 5.33. The maximum atomic E-state index is 11.6. The molecule has 0 saturated heterocycles. The molecular weight excluding hydrogens is 266 g/mol. The lowest BCUT2D eigenvalue weighted by Crippen LogP contribution is -2.35. The van der Waals surface area contributed by atoms with Crippen molar-refractivity contribution in [1.29, 1.82) is 0 Å². The number of rotatable bonds is 5. The SMILES string of the molecule is O=C(COc1ccccc1Cl)NCC1CCCC1O. The number of amides is 1. The summed E-state index contributed by atoms with van der Waals surface area (Å²) in [5.74, 6) is 0.475. The second kappa shape index (κ2) is 6.78. The molecule has 2 atom stereocenters. The number of hydrogen-bond donors (Lipinski definition) is 2. The third-order valence-corrected chi connectivity index (χ3v) is 3.69. The van der Waals surface area contributed by atoms with Crippen LogP contribution in [0.5, 0.6) is 5.75 Å². The average Bonchev–Trinajstić information content (AvgIpc) is 2.81. The van der Waals surface area contributed by atoms with Gasteiger partial charge in [0.25, 0.3) is 5.91 Å². The molecule has 104 valence electrons. The van der Waals surface area contributed by atoms with Gasteiger partial charge in [0.2, 0.25) is 0 Å². The summed E-state index contributed by atoms with van der Waals surface area (Å²) in [6.45, 7) is 0.443. The molecule has 0 aliphatic heterocycles. The van der Waals surface area contributed by atoms with Gasteiger partial charge in [-0.3, -0.25) is 4.79 Å². The molecule has 4 nitrogen and oxygen atoms in total. The Hall–Kier alpha value is -1.26. The fourth-order valence-electron chi connectivity index (χ4n) is 2.26. The van der Waals surface area contributed by atoms with Crippen LogP contribution >= 0.6 is 11.6 Å². The lowest BCUT2D eigenvalue weighted by Gasteiger charge is -2.15. The molecule has 2 rings (SSSR count). The van der Waals surface area contributed by atoms with Crippen molar-refractivity contribution in [2.75, 3.05) is 13.2 Å². The first-order chi connectivity index (χ1) is 9.16. The van der Waals surface area contributed by atoms with E-state index in [1.165, 1.54) is 0 Å². The third-order valence-electron chi connectivity index (χ3n) is 3.38. The van der Waals surface area contributed by atoms with Gasteiger partial charge in [0.15, 0.2) is 6.61 Å². The predicted molar refractivity (Wildman–Crippen MR) is 73.3 cm³/mol. The van der Waals surface area contributed by atoms with Gasteiger partial charge in [-0.05, 0) is 25.0 Å². The van der Waals surface area contributed by atoms with Crippen molar-refractivity contribution in [3.63, 3.8) is 0 Å². The van der Waals surface area contributed by atoms with Crippen molar-refractivity contribution in [3.05, 3.63) is 29.3 Å². The molecule has 1 fully saturated rings. The molecule has 0 aromatic heterocycles. The first kappa shape index (κ1) is 14.2. The van der Waals surface area contributed by atoms with Crippen LogP contribution in [0.2, 0.25) is 5.02 Å². The number of carbonyl (C=O) groups is 1. The molecule has 1 aliphatic carbocycles. The summed E-state index contributed by atoms with van der Waals surface area (Å²) in [4.78, 5) is 11.6. The van der Waals surface area contributed by atoms with Crippen LogP contribution < -0.4 is 10.1 Å². The summed E-state index contributed by atoms with van der Waals surface area (Å²) in [5, 5.41) is 12.9. The molecule has 19 heavy (non-hydrogen) atoms. The van der Waals surface area contributed by atoms with Crippen LogP contribution in [0.15, 0.2) is 24.3 Å². The molecular formula is C14H18ClNO3. The molecule has 1 aromatic rings. The highest BCUT2D eigenvalue weighted by atomic mass is 35.5. The number of aliphatic hydroxyl groups is 1. The Labute approximate surface area is 117 Å². The van der Waals surface area contributed by atoms with E-state index in [0.29, 0.717) is 17.3 Å². The summed E-state index contributed by atoms with van der Waals surface area (Å²) in [7, 11) is 0. The van der Waals surface area contributed by atoms with Crippen LogP contribution in [0.3, 0.4) is 0 Å². The van der Waals surface area contributed by atoms with Crippen molar-refractivity contribution < 1.29 is 14.6 Å². The van der Waals surface area contributed by atoms with Crippen molar-refractivity contribution in [1.82, 2.24) is 5.32 Å². The minimum absolute atomic E-state index is 0.0629. The Morgan fingerprint density at radius 1 is 1.42 bits per heavy atom. The quantitative estimate of drug-likeness (QED) is 0.869. The number of benzene rings is 1. The predicted octanol–water partition coefficient (Wildman–Crippen LogP) is 2.00. The largest absolute Gasteiger partial charge is 0.482 e. The number of para-hydroxylation sites is 1. The number of nitrogens with one attached hydrogen (secondary N) is 1. The van der Waals surface area contributed by atoms with E-state index < -0.39 is 0 Å². The fraction of sp³-hybridized carbons (Fsp3) is 0.500. The van der Waals surface area contributed by atoms with Gasteiger partial charge in [0.05, 0.1) is 11.1 Å². The first-order valence-electron chi connectivity index (χ1n) is 6.49. The highest BCUT2D eigenvalue weighted by molar-refractivity contribution is 6.32. The molecule has 0 bridgehead atoms. The fourth-order valence-corrected chi connectivity index (χ4v) is 2.45. The van der Waals surface area contributed by atoms with Gasteiger partial charge >= 0.3 is 0 Å². The van der Waals surface area contributed by atoms with Gasteiger partial charge < -0.3 is 15.2 Å². The third kappa shape index (κ3) is 4.11. The van der Waals surface area contributed by atoms with Gasteiger partial charge in [0, 0.05) is 12.5 Å². The van der Waals surface area contributed by atoms with Crippen LogP contribution in [-0.2, 0) is 4.79 Å². The van der Waals surface area contributed by atoms with Crippen LogP contribution in [0.1, 0.15) is 19.3 Å². The highest BCUT2D eigenvalue weighted by Gasteiger charge is 2.25. The zero-order valence-corrected chi connectivity index (χ0v) is 11.4. The van der Waals surface area contributed by atoms with Crippen molar-refractivity contribution in [2.45, 2.75) is 25.4 Å². The van der Waals surface area contributed by atoms with Crippen LogP contribution in [0.25, 0.3) is 0 Å². The Balaban J connectivity index is 1.71. The van der Waals surface area contributed by atoms with Gasteiger partial charge in [-0.1, -0.05) is 30.2 Å². The minimum Gasteiger partial charge on any atom is -0.482 e. The summed E-state index contributed by atoms with van der Waals surface area (Å²) in [5.41, 5.74) is 0. The normalized spacial score (nSPS) is 22.2. The van der Waals surface area contributed by atoms with Gasteiger partial charge in [0.1, 0.15) is 5.75 Å². The Morgan fingerprint density at radius 2 is 2.21 bits per heavy atom. The molecule has 1 saturated carbocycles. The molecule has 2 N–H and O–H groups in total. The zero-order valence-electron chi connectivity index (χ0n) is 10.6. The van der Waals surface area contributed by atoms with Gasteiger partial charge in [-0.25, -0.2) is 0 Å². The molecule has 5 heteroatoms. The monoisotopic (exact) mass is 283 g/mol. The Kier molecular flexibility index (Phi) is 5.05. The number of halogens is 1. The van der Waals surface area contributed by atoms with Crippen LogP contribution in [0, 0.1) is 5.92 Å². The summed E-state index contributed by atoms with van der Waals surface area (Å²) in [6.07, 6.45) is 2.53. The number of hydrogen-bond acceptors (Lipinski definition) is 3. The van der Waals surface area contributed by atoms with E-state index in [2.05, 4.69) is 5.32 Å². The second-order valence-corrected chi connectivity index (χ2v) is 5.19. The second-order valence-electron chi connectivity index (χ2n) is 4.78.